The van der Waals surface area contributed by atoms with Crippen molar-refractivity contribution in [2.75, 3.05) is 23.7 Å². The van der Waals surface area contributed by atoms with Gasteiger partial charge in [-0.2, -0.15) is 0 Å². The topological polar surface area (TPSA) is 62.4 Å². The monoisotopic (exact) mass is 207 g/mol. The zero-order chi connectivity index (χ0) is 10.8. The van der Waals surface area contributed by atoms with Crippen molar-refractivity contribution in [3.63, 3.8) is 0 Å². The predicted octanol–water partition coefficient (Wildman–Crippen LogP) is 0.871. The lowest BCUT2D eigenvalue weighted by molar-refractivity contribution is 0.0969. The summed E-state index contributed by atoms with van der Waals surface area (Å²) in [4.78, 5) is 6.47. The highest BCUT2D eigenvalue weighted by molar-refractivity contribution is 5.46. The molecule has 0 spiro atoms. The van der Waals surface area contributed by atoms with Gasteiger partial charge in [-0.1, -0.05) is 6.92 Å². The van der Waals surface area contributed by atoms with Crippen LogP contribution in [0.4, 0.5) is 11.5 Å². The number of nitrogens with two attached hydrogens (primary N) is 1. The summed E-state index contributed by atoms with van der Waals surface area (Å²) in [5, 5.41) is 9.62. The van der Waals surface area contributed by atoms with Crippen molar-refractivity contribution in [2.24, 2.45) is 5.92 Å². The molecule has 0 amide bonds. The molecule has 0 radical (unpaired) electrons. The van der Waals surface area contributed by atoms with Crippen LogP contribution in [-0.2, 0) is 0 Å². The molecule has 2 atom stereocenters. The van der Waals surface area contributed by atoms with Gasteiger partial charge in [0.25, 0.3) is 0 Å². The summed E-state index contributed by atoms with van der Waals surface area (Å²) in [7, 11) is 0. The zero-order valence-corrected chi connectivity index (χ0v) is 8.93. The van der Waals surface area contributed by atoms with E-state index < -0.39 is 0 Å². The number of hydrogen-bond donors (Lipinski definition) is 2. The highest BCUT2D eigenvalue weighted by atomic mass is 16.3. The van der Waals surface area contributed by atoms with E-state index in [1.165, 1.54) is 0 Å². The van der Waals surface area contributed by atoms with Gasteiger partial charge in [0.1, 0.15) is 5.82 Å². The van der Waals surface area contributed by atoms with Crippen LogP contribution in [0, 0.1) is 5.92 Å². The summed E-state index contributed by atoms with van der Waals surface area (Å²) >= 11 is 0. The second-order valence-corrected chi connectivity index (χ2v) is 4.23. The third-order valence-corrected chi connectivity index (χ3v) is 2.95. The van der Waals surface area contributed by atoms with Crippen LogP contribution in [0.25, 0.3) is 0 Å². The standard InChI is InChI=1S/C11H17N3O/c1-8-7-14(5-4-10(8)15)11-3-2-9(12)6-13-11/h2-3,6,8,10,15H,4-5,7,12H2,1H3/t8-,10+/m0/s1. The largest absolute Gasteiger partial charge is 0.397 e. The predicted molar refractivity (Wildman–Crippen MR) is 60.7 cm³/mol. The Balaban J connectivity index is 2.08. The van der Waals surface area contributed by atoms with Crippen molar-refractivity contribution in [3.8, 4) is 0 Å². The number of aromatic nitrogens is 1. The fraction of sp³-hybridized carbons (Fsp3) is 0.545. The van der Waals surface area contributed by atoms with Gasteiger partial charge in [-0.05, 0) is 24.5 Å². The number of piperidine rings is 1. The van der Waals surface area contributed by atoms with E-state index in [1.54, 1.807) is 6.20 Å². The van der Waals surface area contributed by atoms with Crippen molar-refractivity contribution in [1.29, 1.82) is 0 Å². The Morgan fingerprint density at radius 2 is 2.33 bits per heavy atom. The number of pyridine rings is 1. The van der Waals surface area contributed by atoms with Gasteiger partial charge in [0.05, 0.1) is 18.0 Å². The van der Waals surface area contributed by atoms with Gasteiger partial charge in [0.2, 0.25) is 0 Å². The Bertz CT molecular complexity index is 325. The molecule has 2 heterocycles. The molecule has 3 N–H and O–H groups in total. The molecule has 1 aromatic heterocycles. The van der Waals surface area contributed by atoms with E-state index in [9.17, 15) is 5.11 Å². The molecule has 15 heavy (non-hydrogen) atoms. The minimum Gasteiger partial charge on any atom is -0.397 e. The Morgan fingerprint density at radius 3 is 2.93 bits per heavy atom. The van der Waals surface area contributed by atoms with Crippen LogP contribution in [0.3, 0.4) is 0 Å². The fourth-order valence-electron chi connectivity index (χ4n) is 1.93. The second kappa shape index (κ2) is 4.06. The van der Waals surface area contributed by atoms with Crippen LogP contribution in [-0.4, -0.2) is 29.3 Å². The van der Waals surface area contributed by atoms with Gasteiger partial charge in [-0.25, -0.2) is 4.98 Å². The SMILES string of the molecule is C[C@H]1CN(c2ccc(N)cn2)CC[C@H]1O. The third-order valence-electron chi connectivity index (χ3n) is 2.95. The summed E-state index contributed by atoms with van der Waals surface area (Å²) in [5.74, 6) is 1.25. The van der Waals surface area contributed by atoms with E-state index in [1.807, 2.05) is 12.1 Å². The smallest absolute Gasteiger partial charge is 0.128 e. The van der Waals surface area contributed by atoms with E-state index in [2.05, 4.69) is 16.8 Å². The van der Waals surface area contributed by atoms with Crippen LogP contribution < -0.4 is 10.6 Å². The van der Waals surface area contributed by atoms with Crippen molar-refractivity contribution in [1.82, 2.24) is 4.98 Å². The molecule has 0 aromatic carbocycles. The lowest BCUT2D eigenvalue weighted by atomic mass is 9.97. The van der Waals surface area contributed by atoms with Gasteiger partial charge in [-0.3, -0.25) is 0 Å². The Morgan fingerprint density at radius 1 is 1.53 bits per heavy atom. The zero-order valence-electron chi connectivity index (χ0n) is 8.93. The van der Waals surface area contributed by atoms with Gasteiger partial charge in [0, 0.05) is 13.1 Å². The number of aliphatic hydroxyl groups excluding tert-OH is 1. The Hall–Kier alpha value is -1.29. The van der Waals surface area contributed by atoms with Gasteiger partial charge in [0.15, 0.2) is 0 Å². The first kappa shape index (κ1) is 10.2. The normalized spacial score (nSPS) is 26.7. The molecule has 0 unspecified atom stereocenters. The lowest BCUT2D eigenvalue weighted by Gasteiger charge is -2.35. The molecule has 1 aromatic rings. The minimum atomic E-state index is -0.171. The molecular formula is C11H17N3O. The molecule has 4 heteroatoms. The van der Waals surface area contributed by atoms with Gasteiger partial charge < -0.3 is 15.7 Å². The lowest BCUT2D eigenvalue weighted by Crippen LogP contribution is -2.42. The van der Waals surface area contributed by atoms with Crippen LogP contribution in [0.1, 0.15) is 13.3 Å². The number of anilines is 2. The summed E-state index contributed by atoms with van der Waals surface area (Å²) < 4.78 is 0. The molecule has 4 nitrogen and oxygen atoms in total. The van der Waals surface area contributed by atoms with E-state index in [4.69, 9.17) is 5.73 Å². The first-order chi connectivity index (χ1) is 7.16. The first-order valence-corrected chi connectivity index (χ1v) is 5.31. The maximum Gasteiger partial charge on any atom is 0.128 e. The van der Waals surface area contributed by atoms with Crippen LogP contribution in [0.2, 0.25) is 0 Å². The van der Waals surface area contributed by atoms with E-state index in [0.29, 0.717) is 11.6 Å². The third kappa shape index (κ3) is 2.21. The van der Waals surface area contributed by atoms with Crippen molar-refractivity contribution in [3.05, 3.63) is 18.3 Å². The summed E-state index contributed by atoms with van der Waals surface area (Å²) in [6, 6.07) is 3.79. The van der Waals surface area contributed by atoms with Crippen molar-refractivity contribution < 1.29 is 5.11 Å². The Labute approximate surface area is 89.7 Å². The molecule has 1 fully saturated rings. The number of nitrogens with zero attached hydrogens (tertiary/aromatic N) is 2. The maximum atomic E-state index is 9.62. The summed E-state index contributed by atoms with van der Waals surface area (Å²) in [5.41, 5.74) is 6.27. The van der Waals surface area contributed by atoms with Crippen LogP contribution in [0.15, 0.2) is 18.3 Å². The van der Waals surface area contributed by atoms with E-state index in [0.717, 1.165) is 25.3 Å². The number of aliphatic hydroxyl groups is 1. The molecule has 0 aliphatic carbocycles. The summed E-state index contributed by atoms with van der Waals surface area (Å²) in [6.45, 7) is 3.79. The highest BCUT2D eigenvalue weighted by Gasteiger charge is 2.24. The quantitative estimate of drug-likeness (QED) is 0.717. The fourth-order valence-corrected chi connectivity index (χ4v) is 1.93. The maximum absolute atomic E-state index is 9.62. The average molecular weight is 207 g/mol. The summed E-state index contributed by atoms with van der Waals surface area (Å²) in [6.07, 6.45) is 2.31. The number of rotatable bonds is 1. The number of nitrogen functional groups attached to an aromatic ring is 1. The second-order valence-electron chi connectivity index (χ2n) is 4.23. The van der Waals surface area contributed by atoms with Crippen LogP contribution in [0.5, 0.6) is 0 Å². The average Bonchev–Trinajstić information content (AvgIpc) is 2.23. The van der Waals surface area contributed by atoms with Gasteiger partial charge >= 0.3 is 0 Å². The molecule has 1 aliphatic rings. The first-order valence-electron chi connectivity index (χ1n) is 5.31. The molecular weight excluding hydrogens is 190 g/mol. The van der Waals surface area contributed by atoms with E-state index in [-0.39, 0.29) is 6.10 Å². The molecule has 0 bridgehead atoms. The highest BCUT2D eigenvalue weighted by Crippen LogP contribution is 2.21. The van der Waals surface area contributed by atoms with Gasteiger partial charge in [-0.15, -0.1) is 0 Å². The molecule has 1 aliphatic heterocycles. The van der Waals surface area contributed by atoms with Crippen molar-refractivity contribution in [2.45, 2.75) is 19.4 Å². The van der Waals surface area contributed by atoms with Crippen LogP contribution >= 0.6 is 0 Å². The van der Waals surface area contributed by atoms with E-state index >= 15 is 0 Å². The molecule has 0 saturated carbocycles. The molecule has 2 rings (SSSR count). The minimum absolute atomic E-state index is 0.171. The van der Waals surface area contributed by atoms with Crippen molar-refractivity contribution >= 4 is 11.5 Å². The molecule has 1 saturated heterocycles. The molecule has 82 valence electrons. The number of hydrogen-bond acceptors (Lipinski definition) is 4. The Kier molecular flexibility index (Phi) is 2.77.